The molecule has 0 radical (unpaired) electrons. The highest BCUT2D eigenvalue weighted by Gasteiger charge is 2.14. The molecule has 2 N–H and O–H groups in total. The van der Waals surface area contributed by atoms with Gasteiger partial charge in [-0.3, -0.25) is 4.72 Å². The molecule has 6 heteroatoms. The molecular formula is C21H22N2O3S. The average Bonchev–Trinajstić information content (AvgIpc) is 2.70. The van der Waals surface area contributed by atoms with E-state index in [4.69, 9.17) is 4.74 Å². The van der Waals surface area contributed by atoms with E-state index in [-0.39, 0.29) is 4.90 Å². The third-order valence-corrected chi connectivity index (χ3v) is 5.55. The number of rotatable bonds is 7. The Hall–Kier alpha value is -2.99. The maximum atomic E-state index is 12.5. The fourth-order valence-corrected chi connectivity index (χ4v) is 3.64. The first-order chi connectivity index (χ1) is 13.0. The zero-order valence-corrected chi connectivity index (χ0v) is 16.1. The van der Waals surface area contributed by atoms with Crippen molar-refractivity contribution in [1.82, 2.24) is 0 Å². The number of aryl methyl sites for hydroxylation is 1. The Bertz CT molecular complexity index is 981. The Morgan fingerprint density at radius 1 is 0.778 bits per heavy atom. The second-order valence-electron chi connectivity index (χ2n) is 6.03. The van der Waals surface area contributed by atoms with E-state index in [1.807, 2.05) is 24.3 Å². The van der Waals surface area contributed by atoms with Crippen LogP contribution in [0.4, 0.5) is 17.1 Å². The van der Waals surface area contributed by atoms with Crippen LogP contribution in [0.1, 0.15) is 12.5 Å². The number of anilines is 3. The molecule has 3 rings (SSSR count). The van der Waals surface area contributed by atoms with Crippen molar-refractivity contribution < 1.29 is 13.2 Å². The van der Waals surface area contributed by atoms with Gasteiger partial charge in [-0.2, -0.15) is 0 Å². The predicted molar refractivity (Wildman–Crippen MR) is 109 cm³/mol. The van der Waals surface area contributed by atoms with Crippen molar-refractivity contribution in [3.8, 4) is 5.75 Å². The SMILES string of the molecule is CCc1ccc(Nc2ccc(NS(=O)(=O)c3ccc(OC)cc3)cc2)cc1. The van der Waals surface area contributed by atoms with Gasteiger partial charge in [0, 0.05) is 17.1 Å². The van der Waals surface area contributed by atoms with Crippen molar-refractivity contribution in [3.05, 3.63) is 78.4 Å². The summed E-state index contributed by atoms with van der Waals surface area (Å²) in [6.45, 7) is 2.12. The zero-order valence-electron chi connectivity index (χ0n) is 15.3. The first-order valence-electron chi connectivity index (χ1n) is 8.63. The summed E-state index contributed by atoms with van der Waals surface area (Å²) in [5, 5.41) is 3.30. The summed E-state index contributed by atoms with van der Waals surface area (Å²) < 4.78 is 32.6. The Labute approximate surface area is 160 Å². The lowest BCUT2D eigenvalue weighted by Gasteiger charge is -2.11. The Morgan fingerprint density at radius 3 is 1.81 bits per heavy atom. The van der Waals surface area contributed by atoms with Crippen molar-refractivity contribution in [2.75, 3.05) is 17.1 Å². The molecule has 27 heavy (non-hydrogen) atoms. The van der Waals surface area contributed by atoms with Gasteiger partial charge in [0.15, 0.2) is 0 Å². The lowest BCUT2D eigenvalue weighted by molar-refractivity contribution is 0.414. The third-order valence-electron chi connectivity index (χ3n) is 4.16. The molecule has 0 aliphatic carbocycles. The Kier molecular flexibility index (Phi) is 5.66. The van der Waals surface area contributed by atoms with Gasteiger partial charge in [0.2, 0.25) is 0 Å². The number of hydrogen-bond acceptors (Lipinski definition) is 4. The Balaban J connectivity index is 1.68. The molecule has 0 aliphatic rings. The molecule has 0 amide bonds. The van der Waals surface area contributed by atoms with E-state index in [2.05, 4.69) is 29.1 Å². The van der Waals surface area contributed by atoms with Crippen LogP contribution in [0.3, 0.4) is 0 Å². The average molecular weight is 382 g/mol. The Morgan fingerprint density at radius 2 is 1.30 bits per heavy atom. The fourth-order valence-electron chi connectivity index (χ4n) is 2.58. The van der Waals surface area contributed by atoms with Crippen LogP contribution >= 0.6 is 0 Å². The molecule has 0 saturated heterocycles. The smallest absolute Gasteiger partial charge is 0.261 e. The van der Waals surface area contributed by atoms with Crippen LogP contribution in [-0.2, 0) is 16.4 Å². The van der Waals surface area contributed by atoms with Crippen molar-refractivity contribution in [3.63, 3.8) is 0 Å². The minimum Gasteiger partial charge on any atom is -0.497 e. The molecule has 0 spiro atoms. The van der Waals surface area contributed by atoms with Crippen LogP contribution in [0.15, 0.2) is 77.7 Å². The molecule has 0 unspecified atom stereocenters. The molecule has 0 bridgehead atoms. The number of benzene rings is 3. The maximum absolute atomic E-state index is 12.5. The summed E-state index contributed by atoms with van der Waals surface area (Å²) in [6, 6.07) is 21.6. The minimum atomic E-state index is -3.64. The second kappa shape index (κ2) is 8.14. The van der Waals surface area contributed by atoms with Crippen molar-refractivity contribution >= 4 is 27.1 Å². The van der Waals surface area contributed by atoms with Crippen molar-refractivity contribution in [2.24, 2.45) is 0 Å². The van der Waals surface area contributed by atoms with Crippen LogP contribution in [0, 0.1) is 0 Å². The summed E-state index contributed by atoms with van der Waals surface area (Å²) in [4.78, 5) is 0.182. The van der Waals surface area contributed by atoms with E-state index in [9.17, 15) is 8.42 Å². The van der Waals surface area contributed by atoms with E-state index in [1.54, 1.807) is 24.3 Å². The minimum absolute atomic E-state index is 0.182. The summed E-state index contributed by atoms with van der Waals surface area (Å²) in [6.07, 6.45) is 1.00. The number of sulfonamides is 1. The van der Waals surface area contributed by atoms with E-state index in [0.29, 0.717) is 11.4 Å². The van der Waals surface area contributed by atoms with Crippen LogP contribution in [0.2, 0.25) is 0 Å². The molecule has 3 aromatic carbocycles. The van der Waals surface area contributed by atoms with Gasteiger partial charge >= 0.3 is 0 Å². The van der Waals surface area contributed by atoms with Crippen LogP contribution in [-0.4, -0.2) is 15.5 Å². The van der Waals surface area contributed by atoms with Gasteiger partial charge in [0.25, 0.3) is 10.0 Å². The summed E-state index contributed by atoms with van der Waals surface area (Å²) in [5.41, 5.74) is 3.65. The zero-order chi connectivity index (χ0) is 19.3. The molecule has 3 aromatic rings. The molecular weight excluding hydrogens is 360 g/mol. The van der Waals surface area contributed by atoms with Gasteiger partial charge in [0.1, 0.15) is 5.75 Å². The van der Waals surface area contributed by atoms with Crippen molar-refractivity contribution in [1.29, 1.82) is 0 Å². The van der Waals surface area contributed by atoms with Gasteiger partial charge in [-0.1, -0.05) is 19.1 Å². The monoisotopic (exact) mass is 382 g/mol. The quantitative estimate of drug-likeness (QED) is 0.616. The topological polar surface area (TPSA) is 67.4 Å². The van der Waals surface area contributed by atoms with Crippen LogP contribution in [0.25, 0.3) is 0 Å². The van der Waals surface area contributed by atoms with Gasteiger partial charge < -0.3 is 10.1 Å². The molecule has 0 heterocycles. The van der Waals surface area contributed by atoms with E-state index in [0.717, 1.165) is 17.8 Å². The standard InChI is InChI=1S/C21H22N2O3S/c1-3-16-4-6-17(7-5-16)22-18-8-10-19(11-9-18)23-27(24,25)21-14-12-20(26-2)13-15-21/h4-15,22-23H,3H2,1-2H3. The number of ether oxygens (including phenoxy) is 1. The van der Waals surface area contributed by atoms with Gasteiger partial charge in [-0.25, -0.2) is 8.42 Å². The highest BCUT2D eigenvalue weighted by Crippen LogP contribution is 2.22. The lowest BCUT2D eigenvalue weighted by Crippen LogP contribution is -2.12. The van der Waals surface area contributed by atoms with Crippen molar-refractivity contribution in [2.45, 2.75) is 18.2 Å². The summed E-state index contributed by atoms with van der Waals surface area (Å²) >= 11 is 0. The molecule has 0 atom stereocenters. The molecule has 0 saturated carbocycles. The van der Waals surface area contributed by atoms with Crippen LogP contribution in [0.5, 0.6) is 5.75 Å². The maximum Gasteiger partial charge on any atom is 0.261 e. The first-order valence-corrected chi connectivity index (χ1v) is 10.1. The summed E-state index contributed by atoms with van der Waals surface area (Å²) in [5.74, 6) is 0.608. The molecule has 0 aliphatic heterocycles. The van der Waals surface area contributed by atoms with Gasteiger partial charge in [0.05, 0.1) is 12.0 Å². The molecule has 0 aromatic heterocycles. The van der Waals surface area contributed by atoms with E-state index < -0.39 is 10.0 Å². The van der Waals surface area contributed by atoms with Gasteiger partial charge in [-0.15, -0.1) is 0 Å². The normalized spacial score (nSPS) is 11.0. The first kappa shape index (κ1) is 18.8. The third kappa shape index (κ3) is 4.80. The largest absolute Gasteiger partial charge is 0.497 e. The lowest BCUT2D eigenvalue weighted by atomic mass is 10.1. The van der Waals surface area contributed by atoms with E-state index >= 15 is 0 Å². The highest BCUT2D eigenvalue weighted by atomic mass is 32.2. The number of nitrogens with one attached hydrogen (secondary N) is 2. The number of methoxy groups -OCH3 is 1. The number of hydrogen-bond donors (Lipinski definition) is 2. The van der Waals surface area contributed by atoms with E-state index in [1.165, 1.54) is 24.8 Å². The molecule has 140 valence electrons. The van der Waals surface area contributed by atoms with Crippen LogP contribution < -0.4 is 14.8 Å². The predicted octanol–water partition coefficient (Wildman–Crippen LogP) is 4.80. The highest BCUT2D eigenvalue weighted by molar-refractivity contribution is 7.92. The molecule has 0 fully saturated rings. The summed E-state index contributed by atoms with van der Waals surface area (Å²) in [7, 11) is -2.11. The molecule has 5 nitrogen and oxygen atoms in total. The fraction of sp³-hybridized carbons (Fsp3) is 0.143. The van der Waals surface area contributed by atoms with Gasteiger partial charge in [-0.05, 0) is 72.6 Å². The second-order valence-corrected chi connectivity index (χ2v) is 7.72.